The van der Waals surface area contributed by atoms with Gasteiger partial charge < -0.3 is 0 Å². The van der Waals surface area contributed by atoms with Gasteiger partial charge in [-0.2, -0.15) is 0 Å². The second-order valence-electron chi connectivity index (χ2n) is 1.77. The number of hydrogen-bond acceptors (Lipinski definition) is 0. The normalized spacial score (nSPS) is 9.56. The summed E-state index contributed by atoms with van der Waals surface area (Å²) in [6.07, 6.45) is 0. The highest BCUT2D eigenvalue weighted by Gasteiger charge is 1.92. The zero-order chi connectivity index (χ0) is 6.69. The van der Waals surface area contributed by atoms with Crippen LogP contribution in [0.1, 0.15) is 5.56 Å². The Labute approximate surface area is 63.0 Å². The average molecular weight is 185 g/mol. The van der Waals surface area contributed by atoms with E-state index in [0.717, 1.165) is 10.0 Å². The van der Waals surface area contributed by atoms with Gasteiger partial charge in [0.05, 0.1) is 0 Å². The smallest absolute Gasteiger partial charge is 0.0362 e. The molecular formula is C7H7BrN. The van der Waals surface area contributed by atoms with E-state index < -0.39 is 0 Å². The van der Waals surface area contributed by atoms with Crippen LogP contribution < -0.4 is 5.73 Å². The molecule has 1 N–H and O–H groups in total. The predicted molar refractivity (Wildman–Crippen MR) is 40.9 cm³/mol. The lowest BCUT2D eigenvalue weighted by Crippen LogP contribution is -1.84. The fourth-order valence-electron chi connectivity index (χ4n) is 0.642. The molecule has 2 heteroatoms. The fourth-order valence-corrected chi connectivity index (χ4v) is 1.07. The van der Waals surface area contributed by atoms with Crippen molar-refractivity contribution in [1.82, 2.24) is 5.73 Å². The molecule has 0 atom stereocenters. The van der Waals surface area contributed by atoms with Gasteiger partial charge in [0, 0.05) is 11.0 Å². The van der Waals surface area contributed by atoms with Crippen molar-refractivity contribution in [3.05, 3.63) is 34.3 Å². The lowest BCUT2D eigenvalue weighted by atomic mass is 10.2. The van der Waals surface area contributed by atoms with Crippen LogP contribution in [0.3, 0.4) is 0 Å². The lowest BCUT2D eigenvalue weighted by Gasteiger charge is -1.96. The Morgan fingerprint density at radius 2 is 2.00 bits per heavy atom. The van der Waals surface area contributed by atoms with E-state index in [0.29, 0.717) is 6.54 Å². The van der Waals surface area contributed by atoms with Gasteiger partial charge in [-0.15, -0.1) is 0 Å². The summed E-state index contributed by atoms with van der Waals surface area (Å²) in [6, 6.07) is 7.78. The molecule has 0 aromatic heterocycles. The maximum Gasteiger partial charge on any atom is 0.0362 e. The minimum absolute atomic E-state index is 0.349. The fraction of sp³-hybridized carbons (Fsp3) is 0.143. The van der Waals surface area contributed by atoms with E-state index in [-0.39, 0.29) is 0 Å². The van der Waals surface area contributed by atoms with Crippen LogP contribution in [-0.4, -0.2) is 0 Å². The Morgan fingerprint density at radius 3 is 2.44 bits per heavy atom. The van der Waals surface area contributed by atoms with Crippen molar-refractivity contribution in [3.8, 4) is 0 Å². The Hall–Kier alpha value is -0.340. The molecule has 0 unspecified atom stereocenters. The molecule has 0 aliphatic rings. The topological polar surface area (TPSA) is 23.8 Å². The van der Waals surface area contributed by atoms with Crippen LogP contribution >= 0.6 is 15.9 Å². The number of hydrogen-bond donors (Lipinski definition) is 0. The highest BCUT2D eigenvalue weighted by Crippen LogP contribution is 2.14. The molecular weight excluding hydrogens is 178 g/mol. The average Bonchev–Trinajstić information content (AvgIpc) is 1.89. The molecule has 1 rings (SSSR count). The van der Waals surface area contributed by atoms with Crippen LogP contribution in [0.15, 0.2) is 28.7 Å². The monoisotopic (exact) mass is 184 g/mol. The summed E-state index contributed by atoms with van der Waals surface area (Å²) < 4.78 is 1.03. The summed E-state index contributed by atoms with van der Waals surface area (Å²) in [5, 5.41) is 0. The second kappa shape index (κ2) is 2.99. The number of halogens is 1. The molecule has 0 aliphatic heterocycles. The van der Waals surface area contributed by atoms with Crippen molar-refractivity contribution in [2.24, 2.45) is 0 Å². The molecule has 0 fully saturated rings. The number of benzene rings is 1. The van der Waals surface area contributed by atoms with Gasteiger partial charge in [-0.3, -0.25) is 5.73 Å². The maximum absolute atomic E-state index is 7.05. The third-order valence-corrected chi connectivity index (χ3v) is 1.92. The van der Waals surface area contributed by atoms with Crippen LogP contribution in [0, 0.1) is 0 Å². The predicted octanol–water partition coefficient (Wildman–Crippen LogP) is 2.23. The number of nitrogens with one attached hydrogen (secondary N) is 1. The van der Waals surface area contributed by atoms with E-state index in [1.165, 1.54) is 0 Å². The molecule has 1 aromatic carbocycles. The Kier molecular flexibility index (Phi) is 2.25. The zero-order valence-corrected chi connectivity index (χ0v) is 6.48. The van der Waals surface area contributed by atoms with E-state index in [4.69, 9.17) is 5.73 Å². The van der Waals surface area contributed by atoms with E-state index in [1.807, 2.05) is 24.3 Å². The summed E-state index contributed by atoms with van der Waals surface area (Å²) in [4.78, 5) is 0. The molecule has 1 radical (unpaired) electrons. The zero-order valence-electron chi connectivity index (χ0n) is 4.89. The molecule has 0 bridgehead atoms. The van der Waals surface area contributed by atoms with Crippen LogP contribution in [0.2, 0.25) is 0 Å². The highest BCUT2D eigenvalue weighted by atomic mass is 79.9. The van der Waals surface area contributed by atoms with Crippen molar-refractivity contribution >= 4 is 15.9 Å². The largest absolute Gasteiger partial charge is 0.253 e. The third-order valence-electron chi connectivity index (χ3n) is 1.15. The van der Waals surface area contributed by atoms with Gasteiger partial charge in [-0.1, -0.05) is 34.1 Å². The highest BCUT2D eigenvalue weighted by molar-refractivity contribution is 9.10. The SMILES string of the molecule is [NH]Cc1ccccc1Br. The quantitative estimate of drug-likeness (QED) is 0.640. The maximum atomic E-state index is 7.05. The number of rotatable bonds is 1. The van der Waals surface area contributed by atoms with Gasteiger partial charge in [0.15, 0.2) is 0 Å². The third kappa shape index (κ3) is 1.53. The first kappa shape index (κ1) is 6.78. The minimum atomic E-state index is 0.349. The first-order chi connectivity index (χ1) is 4.34. The summed E-state index contributed by atoms with van der Waals surface area (Å²) in [5.74, 6) is 0. The molecule has 0 heterocycles. The molecule has 9 heavy (non-hydrogen) atoms. The van der Waals surface area contributed by atoms with Gasteiger partial charge in [0.25, 0.3) is 0 Å². The Morgan fingerprint density at radius 1 is 1.33 bits per heavy atom. The summed E-state index contributed by atoms with van der Waals surface area (Å²) in [6.45, 7) is 0.349. The summed E-state index contributed by atoms with van der Waals surface area (Å²) in [5.41, 5.74) is 8.09. The molecule has 0 aliphatic carbocycles. The van der Waals surface area contributed by atoms with Crippen molar-refractivity contribution in [2.75, 3.05) is 0 Å². The van der Waals surface area contributed by atoms with E-state index in [1.54, 1.807) is 0 Å². The summed E-state index contributed by atoms with van der Waals surface area (Å²) in [7, 11) is 0. The standard InChI is InChI=1S/C7H7BrN/c8-7-4-2-1-3-6(7)5-9/h1-4,9H,5H2. The minimum Gasteiger partial charge on any atom is -0.253 e. The second-order valence-corrected chi connectivity index (χ2v) is 2.62. The van der Waals surface area contributed by atoms with Crippen LogP contribution in [-0.2, 0) is 6.54 Å². The first-order valence-electron chi connectivity index (χ1n) is 2.72. The van der Waals surface area contributed by atoms with Crippen molar-refractivity contribution in [3.63, 3.8) is 0 Å². The van der Waals surface area contributed by atoms with E-state index in [9.17, 15) is 0 Å². The molecule has 1 nitrogen and oxygen atoms in total. The van der Waals surface area contributed by atoms with E-state index in [2.05, 4.69) is 15.9 Å². The molecule has 0 saturated carbocycles. The lowest BCUT2D eigenvalue weighted by molar-refractivity contribution is 1.02. The molecule has 47 valence electrons. The first-order valence-corrected chi connectivity index (χ1v) is 3.52. The van der Waals surface area contributed by atoms with Crippen LogP contribution in [0.4, 0.5) is 0 Å². The van der Waals surface area contributed by atoms with Crippen molar-refractivity contribution in [1.29, 1.82) is 0 Å². The molecule has 0 amide bonds. The van der Waals surface area contributed by atoms with Crippen molar-refractivity contribution in [2.45, 2.75) is 6.54 Å². The van der Waals surface area contributed by atoms with Gasteiger partial charge in [-0.05, 0) is 11.6 Å². The van der Waals surface area contributed by atoms with Crippen LogP contribution in [0.5, 0.6) is 0 Å². The van der Waals surface area contributed by atoms with Crippen molar-refractivity contribution < 1.29 is 0 Å². The van der Waals surface area contributed by atoms with Gasteiger partial charge in [0.1, 0.15) is 0 Å². The molecule has 1 aromatic rings. The Bertz CT molecular complexity index is 198. The van der Waals surface area contributed by atoms with Gasteiger partial charge >= 0.3 is 0 Å². The molecule has 0 saturated heterocycles. The van der Waals surface area contributed by atoms with E-state index >= 15 is 0 Å². The summed E-state index contributed by atoms with van der Waals surface area (Å²) >= 11 is 3.34. The van der Waals surface area contributed by atoms with Gasteiger partial charge in [0.2, 0.25) is 0 Å². The van der Waals surface area contributed by atoms with Crippen LogP contribution in [0.25, 0.3) is 0 Å². The Balaban J connectivity index is 3.01. The molecule has 0 spiro atoms. The van der Waals surface area contributed by atoms with Gasteiger partial charge in [-0.25, -0.2) is 0 Å².